The van der Waals surface area contributed by atoms with Crippen LogP contribution in [0.5, 0.6) is 0 Å². The fourth-order valence-corrected chi connectivity index (χ4v) is 2.44. The van der Waals surface area contributed by atoms with Crippen LogP contribution < -0.4 is 5.32 Å². The Bertz CT molecular complexity index is 517. The summed E-state index contributed by atoms with van der Waals surface area (Å²) in [6.07, 6.45) is 2.44. The lowest BCUT2D eigenvalue weighted by atomic mass is 10.1. The van der Waals surface area contributed by atoms with Gasteiger partial charge in [-0.05, 0) is 39.3 Å². The van der Waals surface area contributed by atoms with Crippen molar-refractivity contribution in [3.05, 3.63) is 24.2 Å². The average molecular weight is 307 g/mol. The number of carbonyl (C=O) groups is 1. The second-order valence-corrected chi connectivity index (χ2v) is 6.45. The minimum absolute atomic E-state index is 0.0959. The minimum Gasteiger partial charge on any atom is -0.467 e. The summed E-state index contributed by atoms with van der Waals surface area (Å²) >= 11 is 0. The van der Waals surface area contributed by atoms with Gasteiger partial charge in [-0.3, -0.25) is 9.79 Å². The van der Waals surface area contributed by atoms with E-state index in [-0.39, 0.29) is 11.9 Å². The number of guanidine groups is 1. The quantitative estimate of drug-likeness (QED) is 0.526. The monoisotopic (exact) mass is 307 g/mol. The molecule has 1 aliphatic rings. The molecule has 1 aromatic heterocycles. The maximum atomic E-state index is 12.1. The van der Waals surface area contributed by atoms with Crippen molar-refractivity contribution in [2.45, 2.75) is 39.3 Å². The molecule has 1 aromatic rings. The molecule has 1 atom stereocenters. The van der Waals surface area contributed by atoms with Gasteiger partial charge in [0, 0.05) is 20.1 Å². The van der Waals surface area contributed by atoms with E-state index in [9.17, 15) is 4.79 Å². The predicted molar refractivity (Wildman–Crippen MR) is 84.4 cm³/mol. The first-order valence-corrected chi connectivity index (χ1v) is 7.60. The van der Waals surface area contributed by atoms with Crippen LogP contribution in [0.2, 0.25) is 0 Å². The summed E-state index contributed by atoms with van der Waals surface area (Å²) in [6, 6.07) is 3.77. The molecule has 0 spiro atoms. The van der Waals surface area contributed by atoms with Gasteiger partial charge >= 0.3 is 5.97 Å². The summed E-state index contributed by atoms with van der Waals surface area (Å²) in [5, 5.41) is 3.25. The Morgan fingerprint density at radius 3 is 2.91 bits per heavy atom. The number of carbonyl (C=O) groups excluding carboxylic acids is 1. The van der Waals surface area contributed by atoms with Crippen molar-refractivity contribution >= 4 is 11.9 Å². The van der Waals surface area contributed by atoms with E-state index in [1.54, 1.807) is 13.3 Å². The molecule has 1 fully saturated rings. The Hall–Kier alpha value is -1.98. The summed E-state index contributed by atoms with van der Waals surface area (Å²) in [5.74, 6) is 1.41. The molecule has 0 bridgehead atoms. The van der Waals surface area contributed by atoms with E-state index in [0.717, 1.165) is 24.7 Å². The third-order valence-corrected chi connectivity index (χ3v) is 3.44. The van der Waals surface area contributed by atoms with Crippen LogP contribution in [0.4, 0.5) is 0 Å². The number of nitrogens with one attached hydrogen (secondary N) is 1. The zero-order chi connectivity index (χ0) is 16.2. The number of furan rings is 1. The first kappa shape index (κ1) is 16.4. The SMILES string of the molecule is CN=C(NCc1ccco1)N1CCC(C(=O)OC(C)(C)C)C1. The highest BCUT2D eigenvalue weighted by atomic mass is 16.6. The fourth-order valence-electron chi connectivity index (χ4n) is 2.44. The molecule has 1 unspecified atom stereocenters. The lowest BCUT2D eigenvalue weighted by Gasteiger charge is -2.23. The van der Waals surface area contributed by atoms with Gasteiger partial charge in [-0.2, -0.15) is 0 Å². The van der Waals surface area contributed by atoms with Crippen LogP contribution in [0.25, 0.3) is 0 Å². The van der Waals surface area contributed by atoms with Gasteiger partial charge in [0.15, 0.2) is 5.96 Å². The molecule has 6 nitrogen and oxygen atoms in total. The molecule has 2 rings (SSSR count). The van der Waals surface area contributed by atoms with E-state index < -0.39 is 5.60 Å². The van der Waals surface area contributed by atoms with Gasteiger partial charge in [0.25, 0.3) is 0 Å². The zero-order valence-corrected chi connectivity index (χ0v) is 13.8. The van der Waals surface area contributed by atoms with Crippen molar-refractivity contribution in [3.63, 3.8) is 0 Å². The van der Waals surface area contributed by atoms with Crippen molar-refractivity contribution in [2.24, 2.45) is 10.9 Å². The van der Waals surface area contributed by atoms with Crippen molar-refractivity contribution in [1.82, 2.24) is 10.2 Å². The van der Waals surface area contributed by atoms with Gasteiger partial charge in [-0.15, -0.1) is 0 Å². The van der Waals surface area contributed by atoms with Gasteiger partial charge in [-0.25, -0.2) is 0 Å². The number of hydrogen-bond acceptors (Lipinski definition) is 4. The maximum Gasteiger partial charge on any atom is 0.311 e. The summed E-state index contributed by atoms with van der Waals surface area (Å²) in [4.78, 5) is 18.5. The van der Waals surface area contributed by atoms with Crippen molar-refractivity contribution in [2.75, 3.05) is 20.1 Å². The largest absolute Gasteiger partial charge is 0.467 e. The minimum atomic E-state index is -0.441. The van der Waals surface area contributed by atoms with E-state index in [1.165, 1.54) is 0 Å². The van der Waals surface area contributed by atoms with Gasteiger partial charge in [-0.1, -0.05) is 0 Å². The highest BCUT2D eigenvalue weighted by molar-refractivity contribution is 5.82. The Morgan fingerprint density at radius 1 is 1.55 bits per heavy atom. The summed E-state index contributed by atoms with van der Waals surface area (Å²) in [6.45, 7) is 7.67. The van der Waals surface area contributed by atoms with Gasteiger partial charge in [0.1, 0.15) is 11.4 Å². The van der Waals surface area contributed by atoms with E-state index >= 15 is 0 Å². The molecular formula is C16H25N3O3. The third-order valence-electron chi connectivity index (χ3n) is 3.44. The molecule has 0 saturated carbocycles. The smallest absolute Gasteiger partial charge is 0.311 e. The molecule has 1 aliphatic heterocycles. The van der Waals surface area contributed by atoms with E-state index in [4.69, 9.17) is 9.15 Å². The fraction of sp³-hybridized carbons (Fsp3) is 0.625. The van der Waals surface area contributed by atoms with Crippen molar-refractivity contribution in [3.8, 4) is 0 Å². The van der Waals surface area contributed by atoms with Crippen LogP contribution in [-0.2, 0) is 16.1 Å². The number of likely N-dealkylation sites (tertiary alicyclic amines) is 1. The molecule has 0 amide bonds. The molecular weight excluding hydrogens is 282 g/mol. The Morgan fingerprint density at radius 2 is 2.32 bits per heavy atom. The van der Waals surface area contributed by atoms with Crippen molar-refractivity contribution < 1.29 is 13.9 Å². The second-order valence-electron chi connectivity index (χ2n) is 6.45. The van der Waals surface area contributed by atoms with E-state index in [1.807, 2.05) is 32.9 Å². The van der Waals surface area contributed by atoms with Crippen LogP contribution in [0.1, 0.15) is 33.0 Å². The highest BCUT2D eigenvalue weighted by Crippen LogP contribution is 2.20. The molecule has 2 heterocycles. The summed E-state index contributed by atoms with van der Waals surface area (Å²) in [7, 11) is 1.74. The molecule has 1 N–H and O–H groups in total. The number of rotatable bonds is 3. The topological polar surface area (TPSA) is 67.1 Å². The highest BCUT2D eigenvalue weighted by Gasteiger charge is 2.33. The van der Waals surface area contributed by atoms with Crippen molar-refractivity contribution in [1.29, 1.82) is 0 Å². The number of nitrogens with zero attached hydrogens (tertiary/aromatic N) is 2. The molecule has 122 valence electrons. The Labute approximate surface area is 131 Å². The molecule has 1 saturated heterocycles. The van der Waals surface area contributed by atoms with E-state index in [2.05, 4.69) is 15.2 Å². The number of ether oxygens (including phenoxy) is 1. The number of aliphatic imine (C=N–C) groups is 1. The normalized spacial score (nSPS) is 19.4. The maximum absolute atomic E-state index is 12.1. The predicted octanol–water partition coefficient (Wildman–Crippen LogP) is 2.02. The summed E-state index contributed by atoms with van der Waals surface area (Å²) < 4.78 is 10.8. The molecule has 0 radical (unpaired) electrons. The second kappa shape index (κ2) is 6.85. The Kier molecular flexibility index (Phi) is 5.11. The molecule has 6 heteroatoms. The number of esters is 1. The van der Waals surface area contributed by atoms with Crippen LogP contribution in [-0.4, -0.2) is 42.6 Å². The van der Waals surface area contributed by atoms with Crippen LogP contribution in [0, 0.1) is 5.92 Å². The Balaban J connectivity index is 1.86. The third kappa shape index (κ3) is 4.51. The molecule has 0 aliphatic carbocycles. The van der Waals surface area contributed by atoms with Crippen LogP contribution >= 0.6 is 0 Å². The van der Waals surface area contributed by atoms with Crippen LogP contribution in [0.3, 0.4) is 0 Å². The zero-order valence-electron chi connectivity index (χ0n) is 13.8. The average Bonchev–Trinajstić information content (AvgIpc) is 3.08. The van der Waals surface area contributed by atoms with Gasteiger partial charge in [0.2, 0.25) is 0 Å². The van der Waals surface area contributed by atoms with Crippen LogP contribution in [0.15, 0.2) is 27.8 Å². The first-order chi connectivity index (χ1) is 10.4. The first-order valence-electron chi connectivity index (χ1n) is 7.60. The molecule has 0 aromatic carbocycles. The van der Waals surface area contributed by atoms with Gasteiger partial charge < -0.3 is 19.4 Å². The summed E-state index contributed by atoms with van der Waals surface area (Å²) in [5.41, 5.74) is -0.441. The standard InChI is InChI=1S/C16H25N3O3/c1-16(2,3)22-14(20)12-7-8-19(11-12)15(17-4)18-10-13-6-5-9-21-13/h5-6,9,12H,7-8,10-11H2,1-4H3,(H,17,18). The lowest BCUT2D eigenvalue weighted by molar-refractivity contribution is -0.159. The van der Waals surface area contributed by atoms with Gasteiger partial charge in [0.05, 0.1) is 18.7 Å². The van der Waals surface area contributed by atoms with E-state index in [0.29, 0.717) is 13.1 Å². The molecule has 22 heavy (non-hydrogen) atoms. The number of hydrogen-bond donors (Lipinski definition) is 1. The lowest BCUT2D eigenvalue weighted by Crippen LogP contribution is -2.40.